The maximum absolute atomic E-state index is 11.9. The maximum atomic E-state index is 11.9. The summed E-state index contributed by atoms with van der Waals surface area (Å²) >= 11 is 0. The minimum absolute atomic E-state index is 0.0370. The first-order chi connectivity index (χ1) is 9.56. The summed E-state index contributed by atoms with van der Waals surface area (Å²) in [4.78, 5) is 28.4. The fraction of sp³-hybridized carbons (Fsp3) is 0.667. The van der Waals surface area contributed by atoms with Crippen LogP contribution >= 0.6 is 0 Å². The van der Waals surface area contributed by atoms with Crippen LogP contribution in [-0.2, 0) is 16.1 Å². The molecule has 1 amide bonds. The predicted molar refractivity (Wildman–Crippen MR) is 67.7 cm³/mol. The fourth-order valence-electron chi connectivity index (χ4n) is 2.18. The standard InChI is InChI=1S/C12H18N4O4/c1-8-14-10(20-15-8)6-13-7-11(17)16-4-2-9(3-5-16)12(18)19/h9,13H,2-7H2,1H3,(H,18,19). The maximum Gasteiger partial charge on any atom is 0.306 e. The minimum atomic E-state index is -0.776. The minimum Gasteiger partial charge on any atom is -0.481 e. The zero-order chi connectivity index (χ0) is 14.5. The third-order valence-electron chi connectivity index (χ3n) is 3.32. The highest BCUT2D eigenvalue weighted by Crippen LogP contribution is 2.17. The molecule has 2 N–H and O–H groups in total. The van der Waals surface area contributed by atoms with Crippen LogP contribution < -0.4 is 5.32 Å². The van der Waals surface area contributed by atoms with E-state index < -0.39 is 5.97 Å². The molecular formula is C12H18N4O4. The van der Waals surface area contributed by atoms with Gasteiger partial charge in [-0.05, 0) is 19.8 Å². The summed E-state index contributed by atoms with van der Waals surface area (Å²) in [5, 5.41) is 15.5. The number of rotatable bonds is 5. The van der Waals surface area contributed by atoms with Gasteiger partial charge in [-0.2, -0.15) is 4.98 Å². The van der Waals surface area contributed by atoms with Crippen molar-refractivity contribution in [1.82, 2.24) is 20.4 Å². The van der Waals surface area contributed by atoms with Crippen LogP contribution in [0.25, 0.3) is 0 Å². The number of nitrogens with one attached hydrogen (secondary N) is 1. The van der Waals surface area contributed by atoms with Crippen molar-refractivity contribution >= 4 is 11.9 Å². The van der Waals surface area contributed by atoms with E-state index >= 15 is 0 Å². The number of aliphatic carboxylic acids is 1. The lowest BCUT2D eigenvalue weighted by atomic mass is 9.97. The van der Waals surface area contributed by atoms with Gasteiger partial charge in [-0.3, -0.25) is 14.9 Å². The van der Waals surface area contributed by atoms with Gasteiger partial charge in [-0.15, -0.1) is 0 Å². The van der Waals surface area contributed by atoms with Gasteiger partial charge >= 0.3 is 5.97 Å². The van der Waals surface area contributed by atoms with Crippen molar-refractivity contribution < 1.29 is 19.2 Å². The molecule has 0 bridgehead atoms. The third-order valence-corrected chi connectivity index (χ3v) is 3.32. The molecule has 0 unspecified atom stereocenters. The molecule has 0 aromatic carbocycles. The molecule has 1 aliphatic rings. The number of aromatic nitrogens is 2. The lowest BCUT2D eigenvalue weighted by Gasteiger charge is -2.30. The van der Waals surface area contributed by atoms with Crippen LogP contribution in [0.1, 0.15) is 24.6 Å². The Kier molecular flexibility index (Phi) is 4.67. The number of nitrogens with zero attached hydrogens (tertiary/aromatic N) is 3. The summed E-state index contributed by atoms with van der Waals surface area (Å²) in [6.45, 7) is 3.25. The zero-order valence-corrected chi connectivity index (χ0v) is 11.3. The fourth-order valence-corrected chi connectivity index (χ4v) is 2.18. The Hall–Kier alpha value is -1.96. The Bertz CT molecular complexity index is 480. The second kappa shape index (κ2) is 6.47. The third kappa shape index (κ3) is 3.77. The summed E-state index contributed by atoms with van der Waals surface area (Å²) < 4.78 is 4.92. The van der Waals surface area contributed by atoms with Crippen molar-refractivity contribution in [3.8, 4) is 0 Å². The van der Waals surface area contributed by atoms with Crippen LogP contribution in [0.4, 0.5) is 0 Å². The molecule has 2 rings (SSSR count). The van der Waals surface area contributed by atoms with E-state index in [4.69, 9.17) is 9.63 Å². The van der Waals surface area contributed by atoms with E-state index in [-0.39, 0.29) is 18.4 Å². The zero-order valence-electron chi connectivity index (χ0n) is 11.3. The number of likely N-dealkylation sites (tertiary alicyclic amines) is 1. The van der Waals surface area contributed by atoms with Crippen molar-refractivity contribution in [1.29, 1.82) is 0 Å². The molecule has 0 aliphatic carbocycles. The first-order valence-corrected chi connectivity index (χ1v) is 6.56. The van der Waals surface area contributed by atoms with Crippen LogP contribution in [0.5, 0.6) is 0 Å². The highest BCUT2D eigenvalue weighted by atomic mass is 16.5. The van der Waals surface area contributed by atoms with E-state index in [1.54, 1.807) is 11.8 Å². The topological polar surface area (TPSA) is 109 Å². The van der Waals surface area contributed by atoms with Gasteiger partial charge < -0.3 is 14.5 Å². The van der Waals surface area contributed by atoms with Crippen LogP contribution in [-0.4, -0.2) is 51.7 Å². The molecule has 20 heavy (non-hydrogen) atoms. The number of piperidine rings is 1. The summed E-state index contributed by atoms with van der Waals surface area (Å²) in [7, 11) is 0. The number of carboxylic acids is 1. The normalized spacial score (nSPS) is 16.4. The monoisotopic (exact) mass is 282 g/mol. The lowest BCUT2D eigenvalue weighted by Crippen LogP contribution is -2.44. The Morgan fingerprint density at radius 3 is 2.70 bits per heavy atom. The van der Waals surface area contributed by atoms with Gasteiger partial charge in [-0.25, -0.2) is 0 Å². The van der Waals surface area contributed by atoms with Crippen molar-refractivity contribution in [3.63, 3.8) is 0 Å². The van der Waals surface area contributed by atoms with Gasteiger partial charge in [0.15, 0.2) is 5.82 Å². The molecule has 110 valence electrons. The molecule has 1 fully saturated rings. The van der Waals surface area contributed by atoms with E-state index in [9.17, 15) is 9.59 Å². The molecule has 1 aromatic heterocycles. The van der Waals surface area contributed by atoms with E-state index in [1.807, 2.05) is 0 Å². The lowest BCUT2D eigenvalue weighted by molar-refractivity contribution is -0.145. The quantitative estimate of drug-likeness (QED) is 0.769. The molecule has 0 saturated carbocycles. The number of carboxylic acid groups (broad SMARTS) is 1. The van der Waals surface area contributed by atoms with E-state index in [0.717, 1.165) is 0 Å². The SMILES string of the molecule is Cc1noc(CNCC(=O)N2CCC(C(=O)O)CC2)n1. The predicted octanol–water partition coefficient (Wildman–Crippen LogP) is -0.209. The van der Waals surface area contributed by atoms with Crippen molar-refractivity contribution in [2.45, 2.75) is 26.3 Å². The molecule has 0 spiro atoms. The summed E-state index contributed by atoms with van der Waals surface area (Å²) in [6, 6.07) is 0. The van der Waals surface area contributed by atoms with Gasteiger partial charge in [0, 0.05) is 13.1 Å². The Morgan fingerprint density at radius 2 is 2.15 bits per heavy atom. The molecule has 1 aromatic rings. The summed E-state index contributed by atoms with van der Waals surface area (Å²) in [5.74, 6) is -0.135. The van der Waals surface area contributed by atoms with Crippen LogP contribution in [0.3, 0.4) is 0 Å². The second-order valence-electron chi connectivity index (χ2n) is 4.83. The number of aryl methyl sites for hydroxylation is 1. The smallest absolute Gasteiger partial charge is 0.306 e. The summed E-state index contributed by atoms with van der Waals surface area (Å²) in [5.41, 5.74) is 0. The Balaban J connectivity index is 1.69. The van der Waals surface area contributed by atoms with Crippen LogP contribution in [0.2, 0.25) is 0 Å². The van der Waals surface area contributed by atoms with Crippen molar-refractivity contribution in [2.75, 3.05) is 19.6 Å². The first-order valence-electron chi connectivity index (χ1n) is 6.56. The molecule has 0 atom stereocenters. The van der Waals surface area contributed by atoms with Crippen molar-refractivity contribution in [3.05, 3.63) is 11.7 Å². The molecular weight excluding hydrogens is 264 g/mol. The van der Waals surface area contributed by atoms with E-state index in [2.05, 4.69) is 15.5 Å². The molecule has 2 heterocycles. The number of carbonyl (C=O) groups excluding carboxylic acids is 1. The number of amides is 1. The molecule has 1 aliphatic heterocycles. The molecule has 1 saturated heterocycles. The number of hydrogen-bond acceptors (Lipinski definition) is 6. The summed E-state index contributed by atoms with van der Waals surface area (Å²) in [6.07, 6.45) is 1.04. The molecule has 8 nitrogen and oxygen atoms in total. The number of carbonyl (C=O) groups is 2. The Morgan fingerprint density at radius 1 is 1.45 bits per heavy atom. The van der Waals surface area contributed by atoms with Gasteiger partial charge in [0.2, 0.25) is 11.8 Å². The average Bonchev–Trinajstić information content (AvgIpc) is 2.84. The first kappa shape index (κ1) is 14.4. The van der Waals surface area contributed by atoms with Gasteiger partial charge in [0.05, 0.1) is 19.0 Å². The highest BCUT2D eigenvalue weighted by molar-refractivity contribution is 5.78. The van der Waals surface area contributed by atoms with Gasteiger partial charge in [-0.1, -0.05) is 5.16 Å². The molecule has 8 heteroatoms. The van der Waals surface area contributed by atoms with Crippen molar-refractivity contribution in [2.24, 2.45) is 5.92 Å². The molecule has 0 radical (unpaired) electrons. The van der Waals surface area contributed by atoms with E-state index in [1.165, 1.54) is 0 Å². The Labute approximate surface area is 116 Å². The van der Waals surface area contributed by atoms with Crippen LogP contribution in [0.15, 0.2) is 4.52 Å². The van der Waals surface area contributed by atoms with E-state index in [0.29, 0.717) is 44.2 Å². The van der Waals surface area contributed by atoms with Gasteiger partial charge in [0.25, 0.3) is 0 Å². The highest BCUT2D eigenvalue weighted by Gasteiger charge is 2.26. The second-order valence-corrected chi connectivity index (χ2v) is 4.83. The largest absolute Gasteiger partial charge is 0.481 e. The van der Waals surface area contributed by atoms with Crippen LogP contribution in [0, 0.1) is 12.8 Å². The number of hydrogen-bond donors (Lipinski definition) is 2. The van der Waals surface area contributed by atoms with Gasteiger partial charge in [0.1, 0.15) is 0 Å². The average molecular weight is 282 g/mol.